The molecule has 0 atom stereocenters. The number of hydrogen-bond donors (Lipinski definition) is 1. The van der Waals surface area contributed by atoms with Gasteiger partial charge in [-0.2, -0.15) is 0 Å². The first kappa shape index (κ1) is 21.0. The third-order valence-corrected chi connectivity index (χ3v) is 3.98. The van der Waals surface area contributed by atoms with Gasteiger partial charge in [0.15, 0.2) is 11.5 Å². The fraction of sp³-hybridized carbons (Fsp3) is 0.273. The SMILES string of the molecule is CCOC(=O)C=Cc1ccc(NC(=O)CCc2ccc(OC)c(OC)c2)cc1. The predicted octanol–water partition coefficient (Wildman–Crippen LogP) is 3.85. The molecular weight excluding hydrogens is 358 g/mol. The van der Waals surface area contributed by atoms with Crippen molar-refractivity contribution in [3.63, 3.8) is 0 Å². The van der Waals surface area contributed by atoms with Crippen LogP contribution < -0.4 is 14.8 Å². The number of ether oxygens (including phenoxy) is 3. The number of methoxy groups -OCH3 is 2. The molecule has 0 bridgehead atoms. The fourth-order valence-electron chi connectivity index (χ4n) is 2.55. The number of nitrogens with one attached hydrogen (secondary N) is 1. The molecule has 1 N–H and O–H groups in total. The second-order valence-electron chi connectivity index (χ2n) is 5.94. The summed E-state index contributed by atoms with van der Waals surface area (Å²) in [4.78, 5) is 23.5. The molecule has 0 radical (unpaired) electrons. The molecule has 0 unspecified atom stereocenters. The van der Waals surface area contributed by atoms with Gasteiger partial charge < -0.3 is 19.5 Å². The summed E-state index contributed by atoms with van der Waals surface area (Å²) in [5.41, 5.74) is 2.54. The van der Waals surface area contributed by atoms with Crippen molar-refractivity contribution in [2.45, 2.75) is 19.8 Å². The smallest absolute Gasteiger partial charge is 0.330 e. The summed E-state index contributed by atoms with van der Waals surface area (Å²) in [6.07, 6.45) is 3.98. The van der Waals surface area contributed by atoms with E-state index in [9.17, 15) is 9.59 Å². The Morgan fingerprint density at radius 1 is 1.00 bits per heavy atom. The Balaban J connectivity index is 1.87. The lowest BCUT2D eigenvalue weighted by atomic mass is 10.1. The van der Waals surface area contributed by atoms with Crippen molar-refractivity contribution in [2.24, 2.45) is 0 Å². The van der Waals surface area contributed by atoms with E-state index in [4.69, 9.17) is 14.2 Å². The van der Waals surface area contributed by atoms with E-state index < -0.39 is 0 Å². The zero-order valence-electron chi connectivity index (χ0n) is 16.4. The normalized spacial score (nSPS) is 10.5. The van der Waals surface area contributed by atoms with E-state index in [0.29, 0.717) is 36.6 Å². The molecular formula is C22H25NO5. The molecule has 0 aliphatic heterocycles. The number of amides is 1. The summed E-state index contributed by atoms with van der Waals surface area (Å²) < 4.78 is 15.3. The molecule has 6 nitrogen and oxygen atoms in total. The summed E-state index contributed by atoms with van der Waals surface area (Å²) in [7, 11) is 3.17. The maximum atomic E-state index is 12.2. The lowest BCUT2D eigenvalue weighted by molar-refractivity contribution is -0.137. The van der Waals surface area contributed by atoms with E-state index >= 15 is 0 Å². The highest BCUT2D eigenvalue weighted by Crippen LogP contribution is 2.28. The monoisotopic (exact) mass is 383 g/mol. The van der Waals surface area contributed by atoms with Gasteiger partial charge in [-0.3, -0.25) is 4.79 Å². The van der Waals surface area contributed by atoms with E-state index in [0.717, 1.165) is 11.1 Å². The lowest BCUT2D eigenvalue weighted by Crippen LogP contribution is -2.12. The molecule has 0 spiro atoms. The standard InChI is InChI=1S/C22H25NO5/c1-4-28-22(25)14-9-16-5-10-18(11-6-16)23-21(24)13-8-17-7-12-19(26-2)20(15-17)27-3/h5-7,9-12,14-15H,4,8,13H2,1-3H3,(H,23,24). The number of hydrogen-bond acceptors (Lipinski definition) is 5. The molecule has 2 aromatic carbocycles. The minimum absolute atomic E-state index is 0.0791. The van der Waals surface area contributed by atoms with Crippen LogP contribution in [0.2, 0.25) is 0 Å². The molecule has 0 saturated carbocycles. The van der Waals surface area contributed by atoms with E-state index in [1.807, 2.05) is 30.3 Å². The molecule has 0 heterocycles. The van der Waals surface area contributed by atoms with Gasteiger partial charge in [-0.05, 0) is 54.8 Å². The van der Waals surface area contributed by atoms with Crippen LogP contribution in [0.3, 0.4) is 0 Å². The first-order valence-electron chi connectivity index (χ1n) is 9.01. The fourth-order valence-corrected chi connectivity index (χ4v) is 2.55. The van der Waals surface area contributed by atoms with Crippen molar-refractivity contribution in [1.29, 1.82) is 0 Å². The highest BCUT2D eigenvalue weighted by molar-refractivity contribution is 5.91. The maximum Gasteiger partial charge on any atom is 0.330 e. The van der Waals surface area contributed by atoms with Crippen molar-refractivity contribution in [1.82, 2.24) is 0 Å². The molecule has 0 fully saturated rings. The highest BCUT2D eigenvalue weighted by Gasteiger charge is 2.07. The van der Waals surface area contributed by atoms with Gasteiger partial charge in [0.05, 0.1) is 20.8 Å². The number of rotatable bonds is 9. The van der Waals surface area contributed by atoms with E-state index in [1.165, 1.54) is 6.08 Å². The number of carbonyl (C=O) groups excluding carboxylic acids is 2. The van der Waals surface area contributed by atoms with Crippen LogP contribution >= 0.6 is 0 Å². The van der Waals surface area contributed by atoms with Crippen molar-refractivity contribution >= 4 is 23.6 Å². The van der Waals surface area contributed by atoms with Crippen LogP contribution in [0.15, 0.2) is 48.5 Å². The molecule has 2 aromatic rings. The Bertz CT molecular complexity index is 827. The summed E-state index contributed by atoms with van der Waals surface area (Å²) in [6, 6.07) is 12.8. The van der Waals surface area contributed by atoms with Crippen LogP contribution in [0.25, 0.3) is 6.08 Å². The van der Waals surface area contributed by atoms with Gasteiger partial charge in [0.1, 0.15) is 0 Å². The van der Waals surface area contributed by atoms with Crippen LogP contribution in [0, 0.1) is 0 Å². The molecule has 0 saturated heterocycles. The van der Waals surface area contributed by atoms with Crippen LogP contribution in [-0.2, 0) is 20.7 Å². The van der Waals surface area contributed by atoms with Crippen LogP contribution in [0.4, 0.5) is 5.69 Å². The minimum atomic E-state index is -0.380. The van der Waals surface area contributed by atoms with Crippen LogP contribution in [-0.4, -0.2) is 32.7 Å². The van der Waals surface area contributed by atoms with E-state index in [2.05, 4.69) is 5.32 Å². The molecule has 28 heavy (non-hydrogen) atoms. The summed E-state index contributed by atoms with van der Waals surface area (Å²) in [6.45, 7) is 2.10. The minimum Gasteiger partial charge on any atom is -0.493 e. The van der Waals surface area contributed by atoms with Gasteiger partial charge in [0.2, 0.25) is 5.91 Å². The van der Waals surface area contributed by atoms with Crippen molar-refractivity contribution in [3.8, 4) is 11.5 Å². The predicted molar refractivity (Wildman–Crippen MR) is 109 cm³/mol. The van der Waals surface area contributed by atoms with Crippen molar-refractivity contribution in [3.05, 3.63) is 59.7 Å². The highest BCUT2D eigenvalue weighted by atomic mass is 16.5. The number of benzene rings is 2. The lowest BCUT2D eigenvalue weighted by Gasteiger charge is -2.10. The third kappa shape index (κ3) is 6.46. The molecule has 0 aliphatic carbocycles. The van der Waals surface area contributed by atoms with Crippen molar-refractivity contribution in [2.75, 3.05) is 26.1 Å². The molecule has 0 aliphatic rings. The largest absolute Gasteiger partial charge is 0.493 e. The summed E-state index contributed by atoms with van der Waals surface area (Å²) >= 11 is 0. The summed E-state index contributed by atoms with van der Waals surface area (Å²) in [5.74, 6) is 0.847. The Kier molecular flexibility index (Phi) is 8.09. The van der Waals surface area contributed by atoms with Gasteiger partial charge in [0.25, 0.3) is 0 Å². The Morgan fingerprint density at radius 2 is 1.71 bits per heavy atom. The Morgan fingerprint density at radius 3 is 2.36 bits per heavy atom. The zero-order chi connectivity index (χ0) is 20.4. The molecule has 0 aromatic heterocycles. The van der Waals surface area contributed by atoms with Crippen molar-refractivity contribution < 1.29 is 23.8 Å². The number of carbonyl (C=O) groups is 2. The second-order valence-corrected chi connectivity index (χ2v) is 5.94. The van der Waals surface area contributed by atoms with Gasteiger partial charge in [0, 0.05) is 18.2 Å². The van der Waals surface area contributed by atoms with Crippen LogP contribution in [0.1, 0.15) is 24.5 Å². The average molecular weight is 383 g/mol. The van der Waals surface area contributed by atoms with Gasteiger partial charge in [-0.15, -0.1) is 0 Å². The van der Waals surface area contributed by atoms with E-state index in [1.54, 1.807) is 39.4 Å². The topological polar surface area (TPSA) is 73.9 Å². The molecule has 6 heteroatoms. The molecule has 2 rings (SSSR count). The maximum absolute atomic E-state index is 12.2. The first-order valence-corrected chi connectivity index (χ1v) is 9.01. The number of anilines is 1. The third-order valence-electron chi connectivity index (χ3n) is 3.98. The first-order chi connectivity index (χ1) is 13.5. The second kappa shape index (κ2) is 10.8. The zero-order valence-corrected chi connectivity index (χ0v) is 16.4. The van der Waals surface area contributed by atoms with Gasteiger partial charge >= 0.3 is 5.97 Å². The Hall–Kier alpha value is -3.28. The van der Waals surface area contributed by atoms with Gasteiger partial charge in [-0.25, -0.2) is 4.79 Å². The van der Waals surface area contributed by atoms with Crippen LogP contribution in [0.5, 0.6) is 11.5 Å². The number of aryl methyl sites for hydroxylation is 1. The Labute approximate surface area is 165 Å². The number of esters is 1. The molecule has 148 valence electrons. The average Bonchev–Trinajstić information content (AvgIpc) is 2.71. The molecule has 1 amide bonds. The summed E-state index contributed by atoms with van der Waals surface area (Å²) in [5, 5.41) is 2.87. The quantitative estimate of drug-likeness (QED) is 0.526. The van der Waals surface area contributed by atoms with E-state index in [-0.39, 0.29) is 11.9 Å². The van der Waals surface area contributed by atoms with Gasteiger partial charge in [-0.1, -0.05) is 18.2 Å².